The van der Waals surface area contributed by atoms with E-state index in [9.17, 15) is 0 Å². The van der Waals surface area contributed by atoms with E-state index >= 15 is 0 Å². The summed E-state index contributed by atoms with van der Waals surface area (Å²) < 4.78 is 12.3. The van der Waals surface area contributed by atoms with Crippen molar-refractivity contribution in [2.45, 2.75) is 97.4 Å². The van der Waals surface area contributed by atoms with E-state index < -0.39 is 0 Å². The number of hydrogen-bond acceptors (Lipinski definition) is 4. The summed E-state index contributed by atoms with van der Waals surface area (Å²) in [5.74, 6) is 1.74. The molecule has 2 N–H and O–H groups in total. The highest BCUT2D eigenvalue weighted by Gasteiger charge is 2.08. The number of unbranched alkanes of at least 4 members (excludes halogenated alkanes) is 10. The van der Waals surface area contributed by atoms with Gasteiger partial charge in [0.1, 0.15) is 0 Å². The van der Waals surface area contributed by atoms with E-state index in [1.165, 1.54) is 69.8 Å². The molecule has 2 aromatic rings. The van der Waals surface area contributed by atoms with Crippen LogP contribution in [-0.4, -0.2) is 13.2 Å². The first-order chi connectivity index (χ1) is 16.3. The van der Waals surface area contributed by atoms with Gasteiger partial charge in [-0.15, -0.1) is 0 Å². The molecular weight excluding hydrogens is 408 g/mol. The van der Waals surface area contributed by atoms with E-state index in [4.69, 9.17) is 9.47 Å². The van der Waals surface area contributed by atoms with Crippen LogP contribution in [0.2, 0.25) is 0 Å². The summed E-state index contributed by atoms with van der Waals surface area (Å²) in [6.07, 6.45) is 15.2. The fraction of sp³-hybridized carbons (Fsp3) is 0.586. The minimum atomic E-state index is 0.708. The Bertz CT molecular complexity index is 721. The minimum Gasteiger partial charge on any atom is -0.490 e. The second kappa shape index (κ2) is 18.3. The zero-order chi connectivity index (χ0) is 23.4. The predicted molar refractivity (Wildman–Crippen MR) is 141 cm³/mol. The summed E-state index contributed by atoms with van der Waals surface area (Å²) in [4.78, 5) is 0. The first kappa shape index (κ1) is 27.0. The number of rotatable bonds is 20. The molecule has 0 bridgehead atoms. The summed E-state index contributed by atoms with van der Waals surface area (Å²) in [5, 5.41) is 0. The first-order valence-corrected chi connectivity index (χ1v) is 13.3. The highest BCUT2D eigenvalue weighted by molar-refractivity contribution is 5.44. The highest BCUT2D eigenvalue weighted by Crippen LogP contribution is 2.29. The molecule has 0 spiro atoms. The first-order valence-electron chi connectivity index (χ1n) is 13.3. The van der Waals surface area contributed by atoms with Crippen molar-refractivity contribution in [3.05, 3.63) is 54.1 Å². The molecule has 0 amide bonds. The molecule has 0 aromatic heterocycles. The van der Waals surface area contributed by atoms with E-state index in [0.717, 1.165) is 43.2 Å². The van der Waals surface area contributed by atoms with Crippen LogP contribution in [0.15, 0.2) is 48.5 Å². The fourth-order valence-electron chi connectivity index (χ4n) is 3.79. The molecule has 0 aliphatic heterocycles. The summed E-state index contributed by atoms with van der Waals surface area (Å²) in [7, 11) is 0. The van der Waals surface area contributed by atoms with E-state index in [0.29, 0.717) is 6.54 Å². The zero-order valence-corrected chi connectivity index (χ0v) is 21.0. The SMILES string of the molecule is CCCCCCCCOc1ccc(CNNc2ccccc2)cc1OCCCCCCCC. The molecule has 33 heavy (non-hydrogen) atoms. The van der Waals surface area contributed by atoms with Crippen molar-refractivity contribution in [2.24, 2.45) is 0 Å². The molecule has 0 aliphatic carbocycles. The van der Waals surface area contributed by atoms with Crippen LogP contribution < -0.4 is 20.3 Å². The Balaban J connectivity index is 1.82. The molecule has 4 heteroatoms. The third kappa shape index (κ3) is 12.6. The topological polar surface area (TPSA) is 42.5 Å². The minimum absolute atomic E-state index is 0.708. The second-order valence-electron chi connectivity index (χ2n) is 8.86. The summed E-state index contributed by atoms with van der Waals surface area (Å²) in [5.41, 5.74) is 8.76. The smallest absolute Gasteiger partial charge is 0.161 e. The molecular formula is C29H46N2O2. The van der Waals surface area contributed by atoms with Crippen LogP contribution in [0.3, 0.4) is 0 Å². The standard InChI is InChI=1S/C29H46N2O2/c1-3-5-7-9-11-16-22-32-28-21-20-26(25-30-31-27-18-14-13-15-19-27)24-29(28)33-23-17-12-10-8-6-4-2/h13-15,18-21,24,30-31H,3-12,16-17,22-23,25H2,1-2H3. The van der Waals surface area contributed by atoms with Gasteiger partial charge in [-0.25, -0.2) is 5.43 Å². The third-order valence-corrected chi connectivity index (χ3v) is 5.82. The molecule has 0 saturated heterocycles. The van der Waals surface area contributed by atoms with Crippen LogP contribution in [-0.2, 0) is 6.54 Å². The van der Waals surface area contributed by atoms with Gasteiger partial charge in [-0.1, -0.05) is 102 Å². The number of hydrazine groups is 1. The van der Waals surface area contributed by atoms with Crippen molar-refractivity contribution < 1.29 is 9.47 Å². The Morgan fingerprint density at radius 2 is 1.18 bits per heavy atom. The maximum Gasteiger partial charge on any atom is 0.161 e. The van der Waals surface area contributed by atoms with Gasteiger partial charge in [-0.05, 0) is 42.7 Å². The zero-order valence-electron chi connectivity index (χ0n) is 21.0. The normalized spacial score (nSPS) is 10.8. The van der Waals surface area contributed by atoms with E-state index in [1.807, 2.05) is 30.3 Å². The van der Waals surface area contributed by atoms with Gasteiger partial charge in [0.2, 0.25) is 0 Å². The van der Waals surface area contributed by atoms with Gasteiger partial charge in [0.15, 0.2) is 11.5 Å². The molecule has 0 fully saturated rings. The lowest BCUT2D eigenvalue weighted by Gasteiger charge is -2.15. The molecule has 0 atom stereocenters. The van der Waals surface area contributed by atoms with Crippen molar-refractivity contribution >= 4 is 5.69 Å². The average Bonchev–Trinajstić information content (AvgIpc) is 2.84. The van der Waals surface area contributed by atoms with Gasteiger partial charge in [0.05, 0.1) is 13.2 Å². The lowest BCUT2D eigenvalue weighted by Crippen LogP contribution is -2.20. The number of nitrogens with one attached hydrogen (secondary N) is 2. The van der Waals surface area contributed by atoms with E-state index in [2.05, 4.69) is 42.9 Å². The quantitative estimate of drug-likeness (QED) is 0.156. The number of para-hydroxylation sites is 1. The number of anilines is 1. The van der Waals surface area contributed by atoms with Crippen LogP contribution in [0.4, 0.5) is 5.69 Å². The molecule has 2 aromatic carbocycles. The van der Waals surface area contributed by atoms with Crippen LogP contribution in [0.5, 0.6) is 11.5 Å². The van der Waals surface area contributed by atoms with Crippen LogP contribution in [0, 0.1) is 0 Å². The van der Waals surface area contributed by atoms with Crippen LogP contribution >= 0.6 is 0 Å². The monoisotopic (exact) mass is 454 g/mol. The van der Waals surface area contributed by atoms with Crippen LogP contribution in [0.25, 0.3) is 0 Å². The summed E-state index contributed by atoms with van der Waals surface area (Å²) in [6, 6.07) is 16.4. The number of ether oxygens (including phenoxy) is 2. The Hall–Kier alpha value is -2.20. The molecule has 0 radical (unpaired) electrons. The molecule has 0 heterocycles. The summed E-state index contributed by atoms with van der Waals surface area (Å²) >= 11 is 0. The van der Waals surface area contributed by atoms with Crippen molar-refractivity contribution in [2.75, 3.05) is 18.6 Å². The largest absolute Gasteiger partial charge is 0.490 e. The Morgan fingerprint density at radius 1 is 0.606 bits per heavy atom. The van der Waals surface area contributed by atoms with Crippen LogP contribution in [0.1, 0.15) is 96.5 Å². The molecule has 4 nitrogen and oxygen atoms in total. The molecule has 184 valence electrons. The van der Waals surface area contributed by atoms with Crippen molar-refractivity contribution in [3.63, 3.8) is 0 Å². The van der Waals surface area contributed by atoms with E-state index in [1.54, 1.807) is 0 Å². The number of hydrogen-bond donors (Lipinski definition) is 2. The van der Waals surface area contributed by atoms with Gasteiger partial charge in [-0.2, -0.15) is 0 Å². The summed E-state index contributed by atoms with van der Waals surface area (Å²) in [6.45, 7) is 6.73. The van der Waals surface area contributed by atoms with Gasteiger partial charge in [0, 0.05) is 12.2 Å². The second-order valence-corrected chi connectivity index (χ2v) is 8.86. The molecule has 0 saturated carbocycles. The van der Waals surface area contributed by atoms with E-state index in [-0.39, 0.29) is 0 Å². The molecule has 0 unspecified atom stereocenters. The fourth-order valence-corrected chi connectivity index (χ4v) is 3.79. The maximum absolute atomic E-state index is 6.19. The van der Waals surface area contributed by atoms with Crippen molar-refractivity contribution in [1.29, 1.82) is 0 Å². The Morgan fingerprint density at radius 3 is 1.82 bits per heavy atom. The highest BCUT2D eigenvalue weighted by atomic mass is 16.5. The third-order valence-electron chi connectivity index (χ3n) is 5.82. The van der Waals surface area contributed by atoms with Gasteiger partial charge in [-0.3, -0.25) is 0 Å². The van der Waals surface area contributed by atoms with Gasteiger partial charge in [0.25, 0.3) is 0 Å². The Kier molecular flexibility index (Phi) is 15.0. The average molecular weight is 455 g/mol. The van der Waals surface area contributed by atoms with Crippen molar-refractivity contribution in [3.8, 4) is 11.5 Å². The Labute approximate surface area is 202 Å². The maximum atomic E-state index is 6.19. The van der Waals surface area contributed by atoms with Gasteiger partial charge < -0.3 is 14.9 Å². The predicted octanol–water partition coefficient (Wildman–Crippen LogP) is 8.28. The van der Waals surface area contributed by atoms with Gasteiger partial charge >= 0.3 is 0 Å². The number of benzene rings is 2. The molecule has 2 rings (SSSR count). The van der Waals surface area contributed by atoms with Crippen molar-refractivity contribution in [1.82, 2.24) is 5.43 Å². The molecule has 0 aliphatic rings. The lowest BCUT2D eigenvalue weighted by molar-refractivity contribution is 0.258. The lowest BCUT2D eigenvalue weighted by atomic mass is 10.1.